The number of ether oxygens (including phenoxy) is 1. The second-order valence-electron chi connectivity index (χ2n) is 3.79. The van der Waals surface area contributed by atoms with Gasteiger partial charge in [-0.3, -0.25) is 10.1 Å². The molecule has 0 amide bonds. The summed E-state index contributed by atoms with van der Waals surface area (Å²) in [7, 11) is 3.35. The first-order chi connectivity index (χ1) is 8.07. The van der Waals surface area contributed by atoms with Gasteiger partial charge in [-0.05, 0) is 19.8 Å². The van der Waals surface area contributed by atoms with E-state index in [9.17, 15) is 10.1 Å². The molecule has 1 aromatic heterocycles. The molecule has 7 heteroatoms. The fourth-order valence-electron chi connectivity index (χ4n) is 1.64. The maximum atomic E-state index is 10.9. The van der Waals surface area contributed by atoms with Crippen LogP contribution in [0.2, 0.25) is 0 Å². The van der Waals surface area contributed by atoms with E-state index in [-0.39, 0.29) is 5.69 Å². The largest absolute Gasteiger partial charge is 0.385 e. The number of aromatic nitrogens is 2. The van der Waals surface area contributed by atoms with Crippen molar-refractivity contribution in [3.05, 3.63) is 15.8 Å². The van der Waals surface area contributed by atoms with Crippen molar-refractivity contribution in [2.24, 2.45) is 7.05 Å². The third-order valence-corrected chi connectivity index (χ3v) is 2.44. The van der Waals surface area contributed by atoms with Gasteiger partial charge in [-0.1, -0.05) is 0 Å². The van der Waals surface area contributed by atoms with Crippen molar-refractivity contribution in [2.75, 3.05) is 25.6 Å². The van der Waals surface area contributed by atoms with Gasteiger partial charge < -0.3 is 10.1 Å². The standard InChI is InChI=1S/C10H18N4O3/c1-8-9(14(15)16)10(13(2)12-8)11-6-4-5-7-17-3/h11H,4-7H2,1-3H3. The normalized spacial score (nSPS) is 10.5. The van der Waals surface area contributed by atoms with Crippen molar-refractivity contribution in [1.82, 2.24) is 9.78 Å². The molecule has 1 N–H and O–H groups in total. The Hall–Kier alpha value is -1.63. The number of nitrogens with zero attached hydrogens (tertiary/aromatic N) is 3. The monoisotopic (exact) mass is 242 g/mol. The number of methoxy groups -OCH3 is 1. The van der Waals surface area contributed by atoms with E-state index in [4.69, 9.17) is 4.74 Å². The molecule has 7 nitrogen and oxygen atoms in total. The van der Waals surface area contributed by atoms with Crippen LogP contribution in [0.4, 0.5) is 11.5 Å². The molecule has 0 atom stereocenters. The van der Waals surface area contributed by atoms with Gasteiger partial charge in [-0.25, -0.2) is 4.68 Å². The molecule has 0 aromatic carbocycles. The zero-order valence-corrected chi connectivity index (χ0v) is 10.4. The van der Waals surface area contributed by atoms with Gasteiger partial charge in [0.25, 0.3) is 0 Å². The SMILES string of the molecule is COCCCCNc1c([N+](=O)[O-])c(C)nn1C. The summed E-state index contributed by atoms with van der Waals surface area (Å²) in [5.41, 5.74) is 0.483. The highest BCUT2D eigenvalue weighted by Crippen LogP contribution is 2.26. The average Bonchev–Trinajstić information content (AvgIpc) is 2.53. The Bertz CT molecular complexity index is 389. The molecule has 0 saturated carbocycles. The Morgan fingerprint density at radius 2 is 2.24 bits per heavy atom. The molecule has 1 heterocycles. The van der Waals surface area contributed by atoms with Crippen LogP contribution in [-0.2, 0) is 11.8 Å². The zero-order valence-electron chi connectivity index (χ0n) is 10.4. The van der Waals surface area contributed by atoms with Crippen LogP contribution in [0.1, 0.15) is 18.5 Å². The van der Waals surface area contributed by atoms with Crippen molar-refractivity contribution in [1.29, 1.82) is 0 Å². The summed E-state index contributed by atoms with van der Waals surface area (Å²) in [6.45, 7) is 3.01. The molecule has 0 aliphatic rings. The van der Waals surface area contributed by atoms with E-state index < -0.39 is 4.92 Å². The number of anilines is 1. The second-order valence-corrected chi connectivity index (χ2v) is 3.79. The molecule has 0 fully saturated rings. The summed E-state index contributed by atoms with van der Waals surface area (Å²) in [6.07, 6.45) is 1.82. The fourth-order valence-corrected chi connectivity index (χ4v) is 1.64. The van der Waals surface area contributed by atoms with Gasteiger partial charge >= 0.3 is 5.69 Å². The van der Waals surface area contributed by atoms with E-state index in [2.05, 4.69) is 10.4 Å². The number of nitro groups is 1. The van der Waals surface area contributed by atoms with Crippen LogP contribution >= 0.6 is 0 Å². The van der Waals surface area contributed by atoms with Crippen LogP contribution in [0.15, 0.2) is 0 Å². The van der Waals surface area contributed by atoms with E-state index in [0.717, 1.165) is 12.8 Å². The fraction of sp³-hybridized carbons (Fsp3) is 0.700. The molecule has 0 unspecified atom stereocenters. The van der Waals surface area contributed by atoms with E-state index in [1.54, 1.807) is 21.1 Å². The summed E-state index contributed by atoms with van der Waals surface area (Å²) in [6, 6.07) is 0. The number of nitrogens with one attached hydrogen (secondary N) is 1. The first kappa shape index (κ1) is 13.4. The summed E-state index contributed by atoms with van der Waals surface area (Å²) >= 11 is 0. The minimum atomic E-state index is -0.403. The lowest BCUT2D eigenvalue weighted by molar-refractivity contribution is -0.384. The molecule has 0 bridgehead atoms. The van der Waals surface area contributed by atoms with Gasteiger partial charge in [0.2, 0.25) is 5.82 Å². The van der Waals surface area contributed by atoms with Crippen molar-refractivity contribution in [2.45, 2.75) is 19.8 Å². The third-order valence-electron chi connectivity index (χ3n) is 2.44. The highest BCUT2D eigenvalue weighted by molar-refractivity contribution is 5.59. The molecule has 0 saturated heterocycles. The van der Waals surface area contributed by atoms with Gasteiger partial charge in [0, 0.05) is 27.3 Å². The Labute approximate surface area is 99.9 Å². The molecule has 96 valence electrons. The van der Waals surface area contributed by atoms with Gasteiger partial charge in [0.05, 0.1) is 4.92 Å². The van der Waals surface area contributed by atoms with Crippen molar-refractivity contribution in [3.63, 3.8) is 0 Å². The van der Waals surface area contributed by atoms with Crippen LogP contribution in [0.5, 0.6) is 0 Å². The van der Waals surface area contributed by atoms with Crippen molar-refractivity contribution in [3.8, 4) is 0 Å². The Kier molecular flexibility index (Phi) is 4.89. The minimum Gasteiger partial charge on any atom is -0.385 e. The Morgan fingerprint density at radius 1 is 1.53 bits per heavy atom. The molecule has 0 aliphatic heterocycles. The Morgan fingerprint density at radius 3 is 2.82 bits per heavy atom. The van der Waals surface area contributed by atoms with Crippen LogP contribution in [0.25, 0.3) is 0 Å². The molecule has 0 radical (unpaired) electrons. The highest BCUT2D eigenvalue weighted by atomic mass is 16.6. The zero-order chi connectivity index (χ0) is 12.8. The molecule has 17 heavy (non-hydrogen) atoms. The van der Waals surface area contributed by atoms with Crippen LogP contribution in [0.3, 0.4) is 0 Å². The number of aryl methyl sites for hydroxylation is 2. The molecule has 0 aliphatic carbocycles. The quantitative estimate of drug-likeness (QED) is 0.445. The third kappa shape index (κ3) is 3.42. The predicted molar refractivity (Wildman–Crippen MR) is 64.2 cm³/mol. The number of unbranched alkanes of at least 4 members (excludes halogenated alkanes) is 1. The van der Waals surface area contributed by atoms with Gasteiger partial charge in [0.15, 0.2) is 0 Å². The number of rotatable bonds is 7. The molecular weight excluding hydrogens is 224 g/mol. The molecular formula is C10H18N4O3. The van der Waals surface area contributed by atoms with Crippen LogP contribution < -0.4 is 5.32 Å². The number of hydrogen-bond acceptors (Lipinski definition) is 5. The first-order valence-electron chi connectivity index (χ1n) is 5.48. The highest BCUT2D eigenvalue weighted by Gasteiger charge is 2.23. The smallest absolute Gasteiger partial charge is 0.333 e. The minimum absolute atomic E-state index is 0.0549. The average molecular weight is 242 g/mol. The van der Waals surface area contributed by atoms with E-state index in [0.29, 0.717) is 24.7 Å². The lowest BCUT2D eigenvalue weighted by Crippen LogP contribution is -2.08. The lowest BCUT2D eigenvalue weighted by atomic mass is 10.3. The van der Waals surface area contributed by atoms with E-state index in [1.807, 2.05) is 0 Å². The molecule has 1 rings (SSSR count). The summed E-state index contributed by atoms with van der Waals surface area (Å²) in [4.78, 5) is 10.5. The second kappa shape index (κ2) is 6.19. The summed E-state index contributed by atoms with van der Waals surface area (Å²) in [5, 5.41) is 18.0. The van der Waals surface area contributed by atoms with E-state index >= 15 is 0 Å². The van der Waals surface area contributed by atoms with Crippen LogP contribution in [-0.4, -0.2) is 35.0 Å². The lowest BCUT2D eigenvalue weighted by Gasteiger charge is -2.05. The van der Waals surface area contributed by atoms with Gasteiger partial charge in [-0.2, -0.15) is 5.10 Å². The molecule has 1 aromatic rings. The van der Waals surface area contributed by atoms with Gasteiger partial charge in [0.1, 0.15) is 5.69 Å². The topological polar surface area (TPSA) is 82.2 Å². The number of hydrogen-bond donors (Lipinski definition) is 1. The Balaban J connectivity index is 2.61. The molecule has 0 spiro atoms. The first-order valence-corrected chi connectivity index (χ1v) is 5.48. The van der Waals surface area contributed by atoms with E-state index in [1.165, 1.54) is 4.68 Å². The predicted octanol–water partition coefficient (Wildman–Crippen LogP) is 1.48. The van der Waals surface area contributed by atoms with Crippen molar-refractivity contribution >= 4 is 11.5 Å². The maximum absolute atomic E-state index is 10.9. The maximum Gasteiger partial charge on any atom is 0.333 e. The van der Waals surface area contributed by atoms with Crippen molar-refractivity contribution < 1.29 is 9.66 Å². The van der Waals surface area contributed by atoms with Gasteiger partial charge in [-0.15, -0.1) is 0 Å². The van der Waals surface area contributed by atoms with Crippen LogP contribution in [0, 0.1) is 17.0 Å². The summed E-state index contributed by atoms with van der Waals surface area (Å²) < 4.78 is 6.43. The summed E-state index contributed by atoms with van der Waals surface area (Å²) in [5.74, 6) is 0.463.